The summed E-state index contributed by atoms with van der Waals surface area (Å²) in [7, 11) is 0. The van der Waals surface area contributed by atoms with Crippen molar-refractivity contribution >= 4 is 34.4 Å². The van der Waals surface area contributed by atoms with Crippen molar-refractivity contribution in [2.45, 2.75) is 13.5 Å². The fraction of sp³-hybridized carbons (Fsp3) is 0.133. The lowest BCUT2D eigenvalue weighted by atomic mass is 10.2. The number of carbonyl (C=O) groups is 1. The molecule has 7 heteroatoms. The summed E-state index contributed by atoms with van der Waals surface area (Å²) in [5, 5.41) is 3.29. The lowest BCUT2D eigenvalue weighted by Crippen LogP contribution is -2.25. The predicted octanol–water partition coefficient (Wildman–Crippen LogP) is 2.59. The molecule has 0 aliphatic rings. The number of aromatic nitrogens is 2. The van der Waals surface area contributed by atoms with E-state index in [9.17, 15) is 9.59 Å². The van der Waals surface area contributed by atoms with Gasteiger partial charge in [-0.15, -0.1) is 0 Å². The van der Waals surface area contributed by atoms with Gasteiger partial charge in [0.1, 0.15) is 6.54 Å². The molecule has 0 radical (unpaired) electrons. The van der Waals surface area contributed by atoms with Crippen LogP contribution < -0.4 is 11.1 Å². The zero-order valence-electron chi connectivity index (χ0n) is 11.7. The molecule has 0 saturated heterocycles. The Morgan fingerprint density at radius 2 is 2.18 bits per heavy atom. The minimum Gasteiger partial charge on any atom is -0.406 e. The molecule has 2 heterocycles. The van der Waals surface area contributed by atoms with Crippen LogP contribution in [0, 0.1) is 6.92 Å². The Kier molecular flexibility index (Phi) is 3.68. The van der Waals surface area contributed by atoms with Gasteiger partial charge >= 0.3 is 5.76 Å². The third kappa shape index (κ3) is 2.60. The van der Waals surface area contributed by atoms with Crippen molar-refractivity contribution < 1.29 is 9.21 Å². The largest absolute Gasteiger partial charge is 0.421 e. The molecule has 0 atom stereocenters. The van der Waals surface area contributed by atoms with Crippen molar-refractivity contribution in [2.24, 2.45) is 0 Å². The number of pyridine rings is 1. The monoisotopic (exact) mass is 317 g/mol. The van der Waals surface area contributed by atoms with Gasteiger partial charge in [-0.25, -0.2) is 14.3 Å². The summed E-state index contributed by atoms with van der Waals surface area (Å²) in [5.41, 5.74) is 2.05. The van der Waals surface area contributed by atoms with Crippen LogP contribution in [0.15, 0.2) is 45.7 Å². The minimum absolute atomic E-state index is 0.186. The molecule has 0 spiro atoms. The Hall–Kier alpha value is -2.60. The van der Waals surface area contributed by atoms with E-state index in [1.807, 2.05) is 0 Å². The summed E-state index contributed by atoms with van der Waals surface area (Å²) in [6, 6.07) is 8.51. The topological polar surface area (TPSA) is 77.1 Å². The van der Waals surface area contributed by atoms with Crippen LogP contribution in [-0.4, -0.2) is 15.5 Å². The number of hydrogen-bond acceptors (Lipinski definition) is 4. The van der Waals surface area contributed by atoms with Crippen LogP contribution in [0.1, 0.15) is 5.56 Å². The van der Waals surface area contributed by atoms with E-state index in [4.69, 9.17) is 16.0 Å². The summed E-state index contributed by atoms with van der Waals surface area (Å²) in [6.45, 7) is 1.62. The van der Waals surface area contributed by atoms with E-state index in [-0.39, 0.29) is 12.5 Å². The molecule has 1 aromatic carbocycles. The number of fused-ring (bicyclic) bond motifs is 1. The number of halogens is 1. The first-order valence-corrected chi connectivity index (χ1v) is 6.93. The van der Waals surface area contributed by atoms with Crippen LogP contribution in [0.2, 0.25) is 5.02 Å². The quantitative estimate of drug-likeness (QED) is 0.805. The third-order valence-corrected chi connectivity index (χ3v) is 3.68. The number of oxazole rings is 1. The highest BCUT2D eigenvalue weighted by Gasteiger charge is 2.14. The molecule has 6 nitrogen and oxygen atoms in total. The van der Waals surface area contributed by atoms with E-state index in [0.717, 1.165) is 5.56 Å². The highest BCUT2D eigenvalue weighted by Crippen LogP contribution is 2.22. The Morgan fingerprint density at radius 1 is 1.36 bits per heavy atom. The van der Waals surface area contributed by atoms with Gasteiger partial charge in [0.05, 0.1) is 0 Å². The summed E-state index contributed by atoms with van der Waals surface area (Å²) < 4.78 is 6.22. The van der Waals surface area contributed by atoms with E-state index in [1.165, 1.54) is 10.8 Å². The van der Waals surface area contributed by atoms with Crippen molar-refractivity contribution in [3.05, 3.63) is 57.7 Å². The van der Waals surface area contributed by atoms with Crippen LogP contribution in [0.5, 0.6) is 0 Å². The zero-order valence-corrected chi connectivity index (χ0v) is 12.4. The van der Waals surface area contributed by atoms with Crippen molar-refractivity contribution in [3.63, 3.8) is 0 Å². The first-order chi connectivity index (χ1) is 10.6. The predicted molar refractivity (Wildman–Crippen MR) is 83.1 cm³/mol. The molecule has 0 aliphatic carbocycles. The van der Waals surface area contributed by atoms with E-state index in [0.29, 0.717) is 21.9 Å². The second-order valence-corrected chi connectivity index (χ2v) is 5.15. The van der Waals surface area contributed by atoms with Crippen LogP contribution in [0.4, 0.5) is 5.69 Å². The fourth-order valence-corrected chi connectivity index (χ4v) is 2.29. The summed E-state index contributed by atoms with van der Waals surface area (Å²) >= 11 is 6.01. The van der Waals surface area contributed by atoms with E-state index < -0.39 is 5.76 Å². The molecule has 1 amide bonds. The number of amides is 1. The van der Waals surface area contributed by atoms with Crippen molar-refractivity contribution in [1.29, 1.82) is 0 Å². The van der Waals surface area contributed by atoms with E-state index >= 15 is 0 Å². The molecule has 0 saturated carbocycles. The first-order valence-electron chi connectivity index (χ1n) is 6.55. The van der Waals surface area contributed by atoms with Crippen molar-refractivity contribution in [2.75, 3.05) is 5.32 Å². The zero-order chi connectivity index (χ0) is 15.7. The normalized spacial score (nSPS) is 10.8. The van der Waals surface area contributed by atoms with Gasteiger partial charge in [-0.2, -0.15) is 0 Å². The van der Waals surface area contributed by atoms with Gasteiger partial charge in [0.25, 0.3) is 0 Å². The van der Waals surface area contributed by atoms with Crippen molar-refractivity contribution in [1.82, 2.24) is 9.55 Å². The summed E-state index contributed by atoms with van der Waals surface area (Å²) in [4.78, 5) is 28.0. The van der Waals surface area contributed by atoms with Gasteiger partial charge < -0.3 is 9.73 Å². The van der Waals surface area contributed by atoms with Crippen LogP contribution >= 0.6 is 11.6 Å². The molecule has 2 aromatic heterocycles. The SMILES string of the molecule is Cc1c(Cl)cccc1NC(=O)Cn1c(=O)oc2cccnc21. The Labute approximate surface area is 130 Å². The number of anilines is 1. The third-order valence-electron chi connectivity index (χ3n) is 3.27. The number of nitrogens with zero attached hydrogens (tertiary/aromatic N) is 2. The van der Waals surface area contributed by atoms with Gasteiger partial charge in [-0.1, -0.05) is 17.7 Å². The molecule has 0 fully saturated rings. The fourth-order valence-electron chi connectivity index (χ4n) is 2.12. The maximum Gasteiger partial charge on any atom is 0.421 e. The number of rotatable bonds is 3. The Morgan fingerprint density at radius 3 is 3.00 bits per heavy atom. The molecular formula is C15H12ClN3O3. The molecular weight excluding hydrogens is 306 g/mol. The number of nitrogens with one attached hydrogen (secondary N) is 1. The van der Waals surface area contributed by atoms with E-state index in [2.05, 4.69) is 10.3 Å². The molecule has 0 unspecified atom stereocenters. The highest BCUT2D eigenvalue weighted by atomic mass is 35.5. The molecule has 1 N–H and O–H groups in total. The minimum atomic E-state index is -0.619. The van der Waals surface area contributed by atoms with Crippen LogP contribution in [-0.2, 0) is 11.3 Å². The lowest BCUT2D eigenvalue weighted by Gasteiger charge is -2.09. The van der Waals surface area contributed by atoms with Gasteiger partial charge in [0.15, 0.2) is 11.2 Å². The maximum absolute atomic E-state index is 12.2. The highest BCUT2D eigenvalue weighted by molar-refractivity contribution is 6.31. The summed E-state index contributed by atoms with van der Waals surface area (Å²) in [6.07, 6.45) is 1.53. The number of hydrogen-bond donors (Lipinski definition) is 1. The van der Waals surface area contributed by atoms with Crippen LogP contribution in [0.3, 0.4) is 0 Å². The molecule has 22 heavy (non-hydrogen) atoms. The molecule has 0 aliphatic heterocycles. The average molecular weight is 318 g/mol. The lowest BCUT2D eigenvalue weighted by molar-refractivity contribution is -0.116. The number of carbonyl (C=O) groups excluding carboxylic acids is 1. The van der Waals surface area contributed by atoms with Gasteiger partial charge in [0.2, 0.25) is 5.91 Å². The standard InChI is InChI=1S/C15H12ClN3O3/c1-9-10(16)4-2-5-11(9)18-13(20)8-19-14-12(22-15(19)21)6-3-7-17-14/h2-7H,8H2,1H3,(H,18,20). The second kappa shape index (κ2) is 5.65. The number of benzene rings is 1. The Bertz CT molecular complexity index is 914. The molecule has 0 bridgehead atoms. The average Bonchev–Trinajstić information content (AvgIpc) is 2.80. The first kappa shape index (κ1) is 14.3. The molecule has 3 aromatic rings. The van der Waals surface area contributed by atoms with Crippen LogP contribution in [0.25, 0.3) is 11.2 Å². The van der Waals surface area contributed by atoms with Gasteiger partial charge in [0, 0.05) is 16.9 Å². The van der Waals surface area contributed by atoms with Gasteiger partial charge in [-0.3, -0.25) is 4.79 Å². The maximum atomic E-state index is 12.2. The van der Waals surface area contributed by atoms with Crippen molar-refractivity contribution in [3.8, 4) is 0 Å². The van der Waals surface area contributed by atoms with E-state index in [1.54, 1.807) is 37.3 Å². The Balaban J connectivity index is 1.86. The molecule has 112 valence electrons. The molecule has 3 rings (SSSR count). The second-order valence-electron chi connectivity index (χ2n) is 4.74. The summed E-state index contributed by atoms with van der Waals surface area (Å²) in [5.74, 6) is -0.979. The smallest absolute Gasteiger partial charge is 0.406 e. The van der Waals surface area contributed by atoms with Gasteiger partial charge in [-0.05, 0) is 36.8 Å².